The third kappa shape index (κ3) is 2.04. The van der Waals surface area contributed by atoms with E-state index in [1.165, 1.54) is 0 Å². The lowest BCUT2D eigenvalue weighted by Crippen LogP contribution is -2.22. The van der Waals surface area contributed by atoms with Crippen molar-refractivity contribution in [2.75, 3.05) is 0 Å². The SMILES string of the molecule is Cc1cnn(CC(C)N)c1Br. The second-order valence-corrected chi connectivity index (χ2v) is 3.53. The summed E-state index contributed by atoms with van der Waals surface area (Å²) in [5, 5.41) is 4.15. The highest BCUT2D eigenvalue weighted by atomic mass is 79.9. The molecule has 11 heavy (non-hydrogen) atoms. The predicted octanol–water partition coefficient (Wildman–Crippen LogP) is 1.30. The molecule has 1 heterocycles. The zero-order valence-electron chi connectivity index (χ0n) is 6.71. The summed E-state index contributed by atoms with van der Waals surface area (Å²) in [5.41, 5.74) is 6.77. The van der Waals surface area contributed by atoms with Gasteiger partial charge in [0.05, 0.1) is 12.7 Å². The molecule has 0 bridgehead atoms. The number of aryl methyl sites for hydroxylation is 1. The Bertz CT molecular complexity index is 242. The summed E-state index contributed by atoms with van der Waals surface area (Å²) in [5.74, 6) is 0. The smallest absolute Gasteiger partial charge is 0.107 e. The average molecular weight is 218 g/mol. The molecule has 0 saturated carbocycles. The minimum atomic E-state index is 0.144. The number of nitrogens with two attached hydrogens (primary N) is 1. The molecular weight excluding hydrogens is 206 g/mol. The minimum Gasteiger partial charge on any atom is -0.326 e. The van der Waals surface area contributed by atoms with Crippen LogP contribution in [0.4, 0.5) is 0 Å². The zero-order valence-corrected chi connectivity index (χ0v) is 8.30. The number of hydrogen-bond acceptors (Lipinski definition) is 2. The van der Waals surface area contributed by atoms with Crippen LogP contribution in [0.25, 0.3) is 0 Å². The highest BCUT2D eigenvalue weighted by Crippen LogP contribution is 2.14. The summed E-state index contributed by atoms with van der Waals surface area (Å²) < 4.78 is 2.88. The van der Waals surface area contributed by atoms with Gasteiger partial charge in [0.1, 0.15) is 4.60 Å². The van der Waals surface area contributed by atoms with Crippen molar-refractivity contribution < 1.29 is 0 Å². The highest BCUT2D eigenvalue weighted by molar-refractivity contribution is 9.10. The second-order valence-electron chi connectivity index (χ2n) is 2.78. The average Bonchev–Trinajstić information content (AvgIpc) is 2.18. The quantitative estimate of drug-likeness (QED) is 0.813. The lowest BCUT2D eigenvalue weighted by Gasteiger charge is -2.05. The molecule has 4 heteroatoms. The van der Waals surface area contributed by atoms with Crippen molar-refractivity contribution in [3.63, 3.8) is 0 Å². The van der Waals surface area contributed by atoms with E-state index in [1.807, 2.05) is 24.7 Å². The Labute approximate surface area is 74.7 Å². The molecule has 0 fully saturated rings. The van der Waals surface area contributed by atoms with Crippen LogP contribution >= 0.6 is 15.9 Å². The van der Waals surface area contributed by atoms with E-state index in [0.717, 1.165) is 16.7 Å². The van der Waals surface area contributed by atoms with Gasteiger partial charge in [-0.25, -0.2) is 0 Å². The molecule has 1 aromatic rings. The fourth-order valence-electron chi connectivity index (χ4n) is 0.864. The van der Waals surface area contributed by atoms with E-state index in [2.05, 4.69) is 21.0 Å². The summed E-state index contributed by atoms with van der Waals surface area (Å²) in [4.78, 5) is 0. The molecule has 0 aliphatic heterocycles. The molecule has 1 unspecified atom stereocenters. The Morgan fingerprint density at radius 2 is 2.45 bits per heavy atom. The van der Waals surface area contributed by atoms with Gasteiger partial charge in [-0.2, -0.15) is 5.10 Å². The number of hydrogen-bond donors (Lipinski definition) is 1. The van der Waals surface area contributed by atoms with Crippen LogP contribution in [-0.4, -0.2) is 15.8 Å². The van der Waals surface area contributed by atoms with Crippen LogP contribution in [0.5, 0.6) is 0 Å². The summed E-state index contributed by atoms with van der Waals surface area (Å²) >= 11 is 3.42. The monoisotopic (exact) mass is 217 g/mol. The van der Waals surface area contributed by atoms with Gasteiger partial charge in [0.2, 0.25) is 0 Å². The van der Waals surface area contributed by atoms with Crippen molar-refractivity contribution in [1.82, 2.24) is 9.78 Å². The Morgan fingerprint density at radius 1 is 1.82 bits per heavy atom. The molecule has 62 valence electrons. The lowest BCUT2D eigenvalue weighted by molar-refractivity contribution is 0.530. The number of aromatic nitrogens is 2. The van der Waals surface area contributed by atoms with Gasteiger partial charge in [-0.05, 0) is 29.8 Å². The normalized spacial score (nSPS) is 13.5. The highest BCUT2D eigenvalue weighted by Gasteiger charge is 2.04. The molecule has 0 aliphatic carbocycles. The molecule has 2 N–H and O–H groups in total. The molecule has 0 aromatic carbocycles. The summed E-state index contributed by atoms with van der Waals surface area (Å²) in [6.07, 6.45) is 1.83. The Morgan fingerprint density at radius 3 is 2.82 bits per heavy atom. The molecule has 0 amide bonds. The van der Waals surface area contributed by atoms with E-state index in [1.54, 1.807) is 0 Å². The molecule has 1 atom stereocenters. The van der Waals surface area contributed by atoms with E-state index < -0.39 is 0 Å². The third-order valence-electron chi connectivity index (χ3n) is 1.40. The number of rotatable bonds is 2. The standard InChI is InChI=1S/C7H12BrN3/c1-5-3-10-11(7(5)8)4-6(2)9/h3,6H,4,9H2,1-2H3. The third-order valence-corrected chi connectivity index (χ3v) is 2.44. The van der Waals surface area contributed by atoms with Gasteiger partial charge in [0.25, 0.3) is 0 Å². The second kappa shape index (κ2) is 3.36. The molecule has 0 aliphatic rings. The zero-order chi connectivity index (χ0) is 8.43. The van der Waals surface area contributed by atoms with Crippen LogP contribution < -0.4 is 5.73 Å². The maximum Gasteiger partial charge on any atom is 0.107 e. The van der Waals surface area contributed by atoms with E-state index in [0.29, 0.717) is 0 Å². The van der Waals surface area contributed by atoms with Crippen molar-refractivity contribution in [3.05, 3.63) is 16.4 Å². The summed E-state index contributed by atoms with van der Waals surface area (Å²) in [6, 6.07) is 0.144. The number of halogens is 1. The molecule has 1 rings (SSSR count). The maximum absolute atomic E-state index is 5.62. The molecule has 0 spiro atoms. The van der Waals surface area contributed by atoms with E-state index in [9.17, 15) is 0 Å². The first kappa shape index (κ1) is 8.74. The van der Waals surface area contributed by atoms with Gasteiger partial charge in [0, 0.05) is 11.6 Å². The topological polar surface area (TPSA) is 43.8 Å². The molecular formula is C7H12BrN3. The largest absolute Gasteiger partial charge is 0.326 e. The molecule has 0 radical (unpaired) electrons. The van der Waals surface area contributed by atoms with Crippen molar-refractivity contribution in [2.45, 2.75) is 26.4 Å². The van der Waals surface area contributed by atoms with Gasteiger partial charge < -0.3 is 5.73 Å². The fraction of sp³-hybridized carbons (Fsp3) is 0.571. The van der Waals surface area contributed by atoms with Crippen molar-refractivity contribution in [3.8, 4) is 0 Å². The van der Waals surface area contributed by atoms with Gasteiger partial charge in [-0.1, -0.05) is 0 Å². The summed E-state index contributed by atoms with van der Waals surface area (Å²) in [6.45, 7) is 4.73. The van der Waals surface area contributed by atoms with Gasteiger partial charge in [0.15, 0.2) is 0 Å². The number of nitrogens with zero attached hydrogens (tertiary/aromatic N) is 2. The van der Waals surface area contributed by atoms with Crippen LogP contribution in [0.2, 0.25) is 0 Å². The van der Waals surface area contributed by atoms with Crippen LogP contribution in [0.15, 0.2) is 10.8 Å². The minimum absolute atomic E-state index is 0.144. The fourth-order valence-corrected chi connectivity index (χ4v) is 1.20. The lowest BCUT2D eigenvalue weighted by atomic mass is 10.4. The van der Waals surface area contributed by atoms with E-state index >= 15 is 0 Å². The van der Waals surface area contributed by atoms with Crippen LogP contribution in [0.1, 0.15) is 12.5 Å². The van der Waals surface area contributed by atoms with Gasteiger partial charge in [-0.3, -0.25) is 4.68 Å². The van der Waals surface area contributed by atoms with Crippen LogP contribution in [0, 0.1) is 6.92 Å². The van der Waals surface area contributed by atoms with Crippen molar-refractivity contribution in [2.24, 2.45) is 5.73 Å². The molecule has 1 aromatic heterocycles. The van der Waals surface area contributed by atoms with Gasteiger partial charge >= 0.3 is 0 Å². The van der Waals surface area contributed by atoms with E-state index in [-0.39, 0.29) is 6.04 Å². The first-order valence-corrected chi connectivity index (χ1v) is 4.34. The van der Waals surface area contributed by atoms with Crippen molar-refractivity contribution >= 4 is 15.9 Å². The van der Waals surface area contributed by atoms with Gasteiger partial charge in [-0.15, -0.1) is 0 Å². The van der Waals surface area contributed by atoms with E-state index in [4.69, 9.17) is 5.73 Å². The van der Waals surface area contributed by atoms with Crippen LogP contribution in [0.3, 0.4) is 0 Å². The summed E-state index contributed by atoms with van der Waals surface area (Å²) in [7, 11) is 0. The first-order valence-electron chi connectivity index (χ1n) is 3.54. The van der Waals surface area contributed by atoms with Crippen molar-refractivity contribution in [1.29, 1.82) is 0 Å². The van der Waals surface area contributed by atoms with Crippen LogP contribution in [-0.2, 0) is 6.54 Å². The maximum atomic E-state index is 5.62. The molecule has 3 nitrogen and oxygen atoms in total. The Hall–Kier alpha value is -0.350. The Balaban J connectivity index is 2.79. The Kier molecular flexibility index (Phi) is 2.67. The first-order chi connectivity index (χ1) is 5.11. The predicted molar refractivity (Wildman–Crippen MR) is 48.3 cm³/mol. The molecule has 0 saturated heterocycles.